The number of fused-ring (bicyclic) bond motifs is 1. The molecule has 0 saturated heterocycles. The van der Waals surface area contributed by atoms with Crippen LogP contribution in [0.1, 0.15) is 44.0 Å². The second-order valence-electron chi connectivity index (χ2n) is 6.00. The fourth-order valence-electron chi connectivity index (χ4n) is 2.59. The summed E-state index contributed by atoms with van der Waals surface area (Å²) < 4.78 is 0. The summed E-state index contributed by atoms with van der Waals surface area (Å²) in [7, 11) is 0. The SMILES string of the molecule is Cc1nc(N[C@@H](C)c2ncc[nH]2)c2c(CC(C)C)csc2n1. The van der Waals surface area contributed by atoms with Gasteiger partial charge < -0.3 is 10.3 Å². The van der Waals surface area contributed by atoms with E-state index in [1.807, 2.05) is 13.1 Å². The summed E-state index contributed by atoms with van der Waals surface area (Å²) in [4.78, 5) is 17.7. The monoisotopic (exact) mass is 315 g/mol. The van der Waals surface area contributed by atoms with E-state index in [1.54, 1.807) is 17.5 Å². The molecule has 3 aromatic rings. The quantitative estimate of drug-likeness (QED) is 0.744. The van der Waals surface area contributed by atoms with Crippen LogP contribution in [0, 0.1) is 12.8 Å². The van der Waals surface area contributed by atoms with Gasteiger partial charge in [0.2, 0.25) is 0 Å². The molecule has 0 unspecified atom stereocenters. The standard InChI is InChI=1S/C16H21N5S/c1-9(2)7-12-8-22-16-13(12)15(20-11(4)21-16)19-10(3)14-17-5-6-18-14/h5-6,8-10H,7H2,1-4H3,(H,17,18)(H,19,20,21)/t10-/m0/s1. The Hall–Kier alpha value is -1.95. The average Bonchev–Trinajstić information content (AvgIpc) is 3.08. The average molecular weight is 315 g/mol. The van der Waals surface area contributed by atoms with Crippen LogP contribution in [-0.2, 0) is 6.42 Å². The first-order valence-corrected chi connectivity index (χ1v) is 8.43. The molecule has 0 spiro atoms. The van der Waals surface area contributed by atoms with Gasteiger partial charge in [-0.25, -0.2) is 15.0 Å². The highest BCUT2D eigenvalue weighted by Crippen LogP contribution is 2.32. The van der Waals surface area contributed by atoms with Gasteiger partial charge in [0.05, 0.1) is 11.4 Å². The van der Waals surface area contributed by atoms with Crippen molar-refractivity contribution in [2.75, 3.05) is 5.32 Å². The Morgan fingerprint density at radius 2 is 2.09 bits per heavy atom. The summed E-state index contributed by atoms with van der Waals surface area (Å²) >= 11 is 1.69. The van der Waals surface area contributed by atoms with Crippen LogP contribution in [0.5, 0.6) is 0 Å². The van der Waals surface area contributed by atoms with Crippen molar-refractivity contribution in [1.82, 2.24) is 19.9 Å². The zero-order valence-corrected chi connectivity index (χ0v) is 14.2. The number of nitrogens with one attached hydrogen (secondary N) is 2. The number of thiophene rings is 1. The van der Waals surface area contributed by atoms with Crippen molar-refractivity contribution in [2.45, 2.75) is 40.2 Å². The molecule has 0 aliphatic rings. The Morgan fingerprint density at radius 1 is 1.27 bits per heavy atom. The van der Waals surface area contributed by atoms with Crippen LogP contribution in [0.4, 0.5) is 5.82 Å². The maximum absolute atomic E-state index is 4.63. The van der Waals surface area contributed by atoms with Crippen molar-refractivity contribution < 1.29 is 0 Å². The fourth-order valence-corrected chi connectivity index (χ4v) is 3.59. The molecule has 0 fully saturated rings. The minimum absolute atomic E-state index is 0.0688. The second kappa shape index (κ2) is 6.04. The summed E-state index contributed by atoms with van der Waals surface area (Å²) in [6.45, 7) is 8.48. The lowest BCUT2D eigenvalue weighted by atomic mass is 10.0. The van der Waals surface area contributed by atoms with Crippen molar-refractivity contribution in [2.24, 2.45) is 5.92 Å². The molecule has 1 atom stereocenters. The Morgan fingerprint density at radius 3 is 2.77 bits per heavy atom. The normalized spacial score (nSPS) is 13.0. The molecule has 0 aliphatic carbocycles. The smallest absolute Gasteiger partial charge is 0.139 e. The summed E-state index contributed by atoms with van der Waals surface area (Å²) in [5, 5.41) is 6.85. The van der Waals surface area contributed by atoms with Crippen LogP contribution in [0.25, 0.3) is 10.2 Å². The number of nitrogens with zero attached hydrogens (tertiary/aromatic N) is 3. The number of imidazole rings is 1. The number of anilines is 1. The van der Waals surface area contributed by atoms with Crippen LogP contribution in [0.2, 0.25) is 0 Å². The van der Waals surface area contributed by atoms with Crippen molar-refractivity contribution >= 4 is 27.4 Å². The third-order valence-corrected chi connectivity index (χ3v) is 4.45. The van der Waals surface area contributed by atoms with E-state index >= 15 is 0 Å². The van der Waals surface area contributed by atoms with Crippen LogP contribution < -0.4 is 5.32 Å². The summed E-state index contributed by atoms with van der Waals surface area (Å²) in [6.07, 6.45) is 4.64. The lowest BCUT2D eigenvalue weighted by molar-refractivity contribution is 0.651. The van der Waals surface area contributed by atoms with Gasteiger partial charge in [-0.1, -0.05) is 13.8 Å². The van der Waals surface area contributed by atoms with Crippen LogP contribution in [-0.4, -0.2) is 19.9 Å². The molecule has 0 saturated carbocycles. The molecule has 3 rings (SSSR count). The highest BCUT2D eigenvalue weighted by molar-refractivity contribution is 7.17. The van der Waals surface area contributed by atoms with Gasteiger partial charge in [-0.05, 0) is 37.1 Å². The number of rotatable bonds is 5. The molecule has 0 bridgehead atoms. The van der Waals surface area contributed by atoms with E-state index in [0.29, 0.717) is 5.92 Å². The van der Waals surface area contributed by atoms with Gasteiger partial charge in [0.1, 0.15) is 22.3 Å². The van der Waals surface area contributed by atoms with E-state index in [4.69, 9.17) is 0 Å². The lowest BCUT2D eigenvalue weighted by Gasteiger charge is -2.14. The van der Waals surface area contributed by atoms with Gasteiger partial charge in [-0.2, -0.15) is 0 Å². The maximum atomic E-state index is 4.63. The first kappa shape index (κ1) is 15.0. The molecule has 0 amide bonds. The van der Waals surface area contributed by atoms with E-state index in [1.165, 1.54) is 5.56 Å². The highest BCUT2D eigenvalue weighted by atomic mass is 32.1. The van der Waals surface area contributed by atoms with E-state index in [-0.39, 0.29) is 6.04 Å². The third-order valence-electron chi connectivity index (χ3n) is 3.53. The molecular formula is C16H21N5S. The number of aromatic nitrogens is 4. The molecule has 3 aromatic heterocycles. The second-order valence-corrected chi connectivity index (χ2v) is 6.86. The van der Waals surface area contributed by atoms with Gasteiger partial charge in [-0.15, -0.1) is 11.3 Å². The van der Waals surface area contributed by atoms with Crippen LogP contribution in [0.3, 0.4) is 0 Å². The largest absolute Gasteiger partial charge is 0.360 e. The first-order chi connectivity index (χ1) is 10.5. The van der Waals surface area contributed by atoms with Crippen molar-refractivity contribution in [3.05, 3.63) is 35.0 Å². The van der Waals surface area contributed by atoms with E-state index in [2.05, 4.69) is 51.4 Å². The Bertz CT molecular complexity index is 760. The van der Waals surface area contributed by atoms with E-state index in [9.17, 15) is 0 Å². The van der Waals surface area contributed by atoms with Gasteiger partial charge >= 0.3 is 0 Å². The number of aromatic amines is 1. The van der Waals surface area contributed by atoms with Crippen LogP contribution >= 0.6 is 11.3 Å². The lowest BCUT2D eigenvalue weighted by Crippen LogP contribution is -2.11. The van der Waals surface area contributed by atoms with Crippen LogP contribution in [0.15, 0.2) is 17.8 Å². The Labute approximate surface area is 134 Å². The zero-order chi connectivity index (χ0) is 15.7. The van der Waals surface area contributed by atoms with E-state index in [0.717, 1.165) is 34.1 Å². The Balaban J connectivity index is 2.01. The predicted octanol–water partition coefficient (Wildman–Crippen LogP) is 4.09. The van der Waals surface area contributed by atoms with Gasteiger partial charge in [0.25, 0.3) is 0 Å². The minimum Gasteiger partial charge on any atom is -0.360 e. The number of hydrogen-bond acceptors (Lipinski definition) is 5. The zero-order valence-electron chi connectivity index (χ0n) is 13.3. The predicted molar refractivity (Wildman–Crippen MR) is 91.3 cm³/mol. The molecule has 3 heterocycles. The van der Waals surface area contributed by atoms with Crippen molar-refractivity contribution in [1.29, 1.82) is 0 Å². The maximum Gasteiger partial charge on any atom is 0.139 e. The summed E-state index contributed by atoms with van der Waals surface area (Å²) in [5.74, 6) is 3.21. The highest BCUT2D eigenvalue weighted by Gasteiger charge is 2.16. The van der Waals surface area contributed by atoms with Crippen molar-refractivity contribution in [3.8, 4) is 0 Å². The number of hydrogen-bond donors (Lipinski definition) is 2. The first-order valence-electron chi connectivity index (χ1n) is 7.55. The van der Waals surface area contributed by atoms with E-state index < -0.39 is 0 Å². The molecule has 0 aliphatic heterocycles. The van der Waals surface area contributed by atoms with Gasteiger partial charge in [-0.3, -0.25) is 0 Å². The molecule has 2 N–H and O–H groups in total. The molecule has 6 heteroatoms. The van der Waals surface area contributed by atoms with Gasteiger partial charge in [0.15, 0.2) is 0 Å². The molecule has 5 nitrogen and oxygen atoms in total. The van der Waals surface area contributed by atoms with Gasteiger partial charge in [0, 0.05) is 12.4 Å². The number of H-pyrrole nitrogens is 1. The number of aryl methyl sites for hydroxylation is 1. The third kappa shape index (κ3) is 2.97. The topological polar surface area (TPSA) is 66.5 Å². The van der Waals surface area contributed by atoms with Crippen molar-refractivity contribution in [3.63, 3.8) is 0 Å². The Kier molecular flexibility index (Phi) is 4.11. The molecule has 0 radical (unpaired) electrons. The summed E-state index contributed by atoms with van der Waals surface area (Å²) in [5.41, 5.74) is 1.32. The molecule has 0 aromatic carbocycles. The molecule has 116 valence electrons. The summed E-state index contributed by atoms with van der Waals surface area (Å²) in [6, 6.07) is 0.0688. The minimum atomic E-state index is 0.0688. The fraction of sp³-hybridized carbons (Fsp3) is 0.438. The molecule has 22 heavy (non-hydrogen) atoms. The molecular weight excluding hydrogens is 294 g/mol.